The lowest BCUT2D eigenvalue weighted by Crippen LogP contribution is -2.55. The summed E-state index contributed by atoms with van der Waals surface area (Å²) in [6, 6.07) is 13.8. The lowest BCUT2D eigenvalue weighted by atomic mass is 10.2. The van der Waals surface area contributed by atoms with E-state index in [0.717, 1.165) is 16.8 Å². The third kappa shape index (κ3) is 6.44. The molecule has 1 aliphatic heterocycles. The molecule has 0 saturated carbocycles. The normalized spacial score (nSPS) is 14.1. The molecule has 0 atom stereocenters. The van der Waals surface area contributed by atoms with Crippen LogP contribution < -0.4 is 15.0 Å². The molecular formula is C23H28IN7O2. The third-order valence-electron chi connectivity index (χ3n) is 5.21. The number of halogens is 1. The highest BCUT2D eigenvalue weighted by Crippen LogP contribution is 2.16. The average Bonchev–Trinajstić information content (AvgIpc) is 3.25. The van der Waals surface area contributed by atoms with Crippen molar-refractivity contribution in [1.82, 2.24) is 25.0 Å². The van der Waals surface area contributed by atoms with Crippen molar-refractivity contribution in [2.75, 3.05) is 31.6 Å². The molecule has 1 amide bonds. The fourth-order valence-corrected chi connectivity index (χ4v) is 3.56. The Bertz CT molecular complexity index is 1090. The van der Waals surface area contributed by atoms with Gasteiger partial charge in [0.05, 0.1) is 11.9 Å². The SMILES string of the molecule is CN=C(NCc1ccnc(OCc2ccccc2)c1)N1CCN(c2cnn(C)c2)C(=O)C1.I. The van der Waals surface area contributed by atoms with Crippen LogP contribution in [0.4, 0.5) is 5.69 Å². The lowest BCUT2D eigenvalue weighted by Gasteiger charge is -2.35. The van der Waals surface area contributed by atoms with E-state index in [2.05, 4.69) is 20.4 Å². The molecule has 0 aliphatic carbocycles. The zero-order valence-corrected chi connectivity index (χ0v) is 21.0. The Labute approximate surface area is 210 Å². The smallest absolute Gasteiger partial charge is 0.246 e. The van der Waals surface area contributed by atoms with Crippen LogP contribution in [0, 0.1) is 0 Å². The van der Waals surface area contributed by atoms with Crippen LogP contribution in [0.1, 0.15) is 11.1 Å². The first-order valence-electron chi connectivity index (χ1n) is 10.5. The zero-order valence-electron chi connectivity index (χ0n) is 18.7. The first kappa shape index (κ1) is 24.5. The number of aromatic nitrogens is 3. The predicted molar refractivity (Wildman–Crippen MR) is 138 cm³/mol. The second-order valence-electron chi connectivity index (χ2n) is 7.52. The minimum absolute atomic E-state index is 0. The summed E-state index contributed by atoms with van der Waals surface area (Å²) < 4.78 is 7.51. The summed E-state index contributed by atoms with van der Waals surface area (Å²) in [5.41, 5.74) is 2.93. The molecule has 1 aliphatic rings. The summed E-state index contributed by atoms with van der Waals surface area (Å²) in [7, 11) is 3.56. The van der Waals surface area contributed by atoms with Crippen LogP contribution in [0.3, 0.4) is 0 Å². The fourth-order valence-electron chi connectivity index (χ4n) is 3.56. The number of aryl methyl sites for hydroxylation is 1. The highest BCUT2D eigenvalue weighted by molar-refractivity contribution is 14.0. The van der Waals surface area contributed by atoms with Gasteiger partial charge in [-0.2, -0.15) is 5.10 Å². The highest BCUT2D eigenvalue weighted by atomic mass is 127. The van der Waals surface area contributed by atoms with Crippen molar-refractivity contribution >= 4 is 41.5 Å². The van der Waals surface area contributed by atoms with Crippen molar-refractivity contribution in [3.05, 3.63) is 72.2 Å². The monoisotopic (exact) mass is 561 g/mol. The Balaban J connectivity index is 0.00000306. The number of rotatable bonds is 6. The topological polar surface area (TPSA) is 87.9 Å². The molecule has 10 heteroatoms. The number of piperazine rings is 1. The summed E-state index contributed by atoms with van der Waals surface area (Å²) in [4.78, 5) is 25.1. The molecule has 1 N–H and O–H groups in total. The number of hydrogen-bond donors (Lipinski definition) is 1. The Morgan fingerprint density at radius 1 is 1.18 bits per heavy atom. The van der Waals surface area contributed by atoms with E-state index in [1.54, 1.807) is 29.0 Å². The summed E-state index contributed by atoms with van der Waals surface area (Å²) >= 11 is 0. The van der Waals surface area contributed by atoms with E-state index in [1.807, 2.05) is 60.6 Å². The lowest BCUT2D eigenvalue weighted by molar-refractivity contribution is -0.120. The number of carbonyl (C=O) groups is 1. The van der Waals surface area contributed by atoms with Crippen LogP contribution in [-0.2, 0) is 25.0 Å². The summed E-state index contributed by atoms with van der Waals surface area (Å²) in [6.07, 6.45) is 5.29. The fraction of sp³-hybridized carbons (Fsp3) is 0.304. The largest absolute Gasteiger partial charge is 0.473 e. The van der Waals surface area contributed by atoms with Gasteiger partial charge in [-0.15, -0.1) is 24.0 Å². The molecule has 2 aromatic heterocycles. The minimum atomic E-state index is 0. The Hall–Kier alpha value is -3.15. The van der Waals surface area contributed by atoms with Gasteiger partial charge in [-0.1, -0.05) is 30.3 Å². The number of nitrogens with one attached hydrogen (secondary N) is 1. The molecule has 9 nitrogen and oxygen atoms in total. The third-order valence-corrected chi connectivity index (χ3v) is 5.21. The van der Waals surface area contributed by atoms with Gasteiger partial charge in [0, 0.05) is 52.2 Å². The number of pyridine rings is 1. The van der Waals surface area contributed by atoms with Crippen LogP contribution >= 0.6 is 24.0 Å². The molecule has 1 saturated heterocycles. The number of amides is 1. The van der Waals surface area contributed by atoms with E-state index in [4.69, 9.17) is 4.74 Å². The predicted octanol–water partition coefficient (Wildman–Crippen LogP) is 2.44. The number of benzene rings is 1. The van der Waals surface area contributed by atoms with E-state index in [-0.39, 0.29) is 36.4 Å². The van der Waals surface area contributed by atoms with Gasteiger partial charge in [-0.05, 0) is 17.2 Å². The summed E-state index contributed by atoms with van der Waals surface area (Å²) in [5, 5.41) is 7.50. The number of guanidine groups is 1. The van der Waals surface area contributed by atoms with Crippen LogP contribution in [-0.4, -0.2) is 58.2 Å². The van der Waals surface area contributed by atoms with Crippen molar-refractivity contribution in [3.8, 4) is 5.88 Å². The molecule has 174 valence electrons. The van der Waals surface area contributed by atoms with E-state index in [1.165, 1.54) is 0 Å². The van der Waals surface area contributed by atoms with Gasteiger partial charge in [0.15, 0.2) is 5.96 Å². The van der Waals surface area contributed by atoms with Gasteiger partial charge in [0.25, 0.3) is 0 Å². The van der Waals surface area contributed by atoms with Gasteiger partial charge in [-0.25, -0.2) is 4.98 Å². The van der Waals surface area contributed by atoms with Gasteiger partial charge in [0.2, 0.25) is 11.8 Å². The molecule has 4 rings (SSSR count). The second kappa shape index (κ2) is 11.6. The molecule has 0 unspecified atom stereocenters. The molecule has 0 bridgehead atoms. The number of anilines is 1. The molecule has 0 radical (unpaired) electrons. The van der Waals surface area contributed by atoms with E-state index >= 15 is 0 Å². The second-order valence-corrected chi connectivity index (χ2v) is 7.52. The van der Waals surface area contributed by atoms with Crippen LogP contribution in [0.25, 0.3) is 0 Å². The minimum Gasteiger partial charge on any atom is -0.473 e. The van der Waals surface area contributed by atoms with Gasteiger partial charge < -0.3 is 19.9 Å². The number of hydrogen-bond acceptors (Lipinski definition) is 5. The molecule has 0 spiro atoms. The first-order valence-corrected chi connectivity index (χ1v) is 10.5. The quantitative estimate of drug-likeness (QED) is 0.283. The molecule has 3 heterocycles. The van der Waals surface area contributed by atoms with Gasteiger partial charge >= 0.3 is 0 Å². The summed E-state index contributed by atoms with van der Waals surface area (Å²) in [6.45, 7) is 2.54. The Morgan fingerprint density at radius 2 is 2.00 bits per heavy atom. The van der Waals surface area contributed by atoms with Crippen LogP contribution in [0.2, 0.25) is 0 Å². The van der Waals surface area contributed by atoms with Crippen LogP contribution in [0.5, 0.6) is 5.88 Å². The molecule has 33 heavy (non-hydrogen) atoms. The number of ether oxygens (including phenoxy) is 1. The zero-order chi connectivity index (χ0) is 22.3. The average molecular weight is 561 g/mol. The highest BCUT2D eigenvalue weighted by Gasteiger charge is 2.27. The Kier molecular flexibility index (Phi) is 8.64. The maximum absolute atomic E-state index is 12.7. The maximum atomic E-state index is 12.7. The summed E-state index contributed by atoms with van der Waals surface area (Å²) in [5.74, 6) is 1.28. The number of nitrogens with zero attached hydrogens (tertiary/aromatic N) is 6. The molecular weight excluding hydrogens is 533 g/mol. The first-order chi connectivity index (χ1) is 15.6. The van der Waals surface area contributed by atoms with E-state index in [9.17, 15) is 4.79 Å². The molecule has 1 fully saturated rings. The van der Waals surface area contributed by atoms with Crippen LogP contribution in [0.15, 0.2) is 66.0 Å². The van der Waals surface area contributed by atoms with Crippen molar-refractivity contribution in [2.24, 2.45) is 12.0 Å². The molecule has 3 aromatic rings. The maximum Gasteiger partial charge on any atom is 0.246 e. The van der Waals surface area contributed by atoms with Crippen molar-refractivity contribution in [2.45, 2.75) is 13.2 Å². The van der Waals surface area contributed by atoms with Crippen molar-refractivity contribution in [1.29, 1.82) is 0 Å². The van der Waals surface area contributed by atoms with E-state index < -0.39 is 0 Å². The van der Waals surface area contributed by atoms with Gasteiger partial charge in [-0.3, -0.25) is 14.5 Å². The van der Waals surface area contributed by atoms with Crippen molar-refractivity contribution < 1.29 is 9.53 Å². The van der Waals surface area contributed by atoms with E-state index in [0.29, 0.717) is 38.1 Å². The standard InChI is InChI=1S/C23H27N7O2.HI/c1-24-23(29-10-11-30(22(31)16-29)20-14-27-28(2)15-20)26-13-19-8-9-25-21(12-19)32-17-18-6-4-3-5-7-18;/h3-9,12,14-15H,10-11,13,16-17H2,1-2H3,(H,24,26);1H. The number of carbonyl (C=O) groups excluding carboxylic acids is 1. The molecule has 1 aromatic carbocycles. The number of aliphatic imine (C=N–C) groups is 1. The van der Waals surface area contributed by atoms with Crippen molar-refractivity contribution in [3.63, 3.8) is 0 Å². The van der Waals surface area contributed by atoms with Gasteiger partial charge in [0.1, 0.15) is 13.2 Å². The Morgan fingerprint density at radius 3 is 2.70 bits per heavy atom.